The molecule has 0 unspecified atom stereocenters. The monoisotopic (exact) mass is 536 g/mol. The van der Waals surface area contributed by atoms with Crippen molar-refractivity contribution in [2.24, 2.45) is 0 Å². The predicted molar refractivity (Wildman–Crippen MR) is 139 cm³/mol. The quantitative estimate of drug-likeness (QED) is 0.406. The molecule has 0 bridgehead atoms. The minimum Gasteiger partial charge on any atom is -0.514 e. The first-order chi connectivity index (χ1) is 17.7. The zero-order valence-electron chi connectivity index (χ0n) is 20.9. The molecule has 0 radical (unpaired) electrons. The number of hydrogen-bond acceptors (Lipinski definition) is 8. The summed E-state index contributed by atoms with van der Waals surface area (Å²) in [5.41, 5.74) is 1.73. The lowest BCUT2D eigenvalue weighted by atomic mass is 10.1. The summed E-state index contributed by atoms with van der Waals surface area (Å²) in [7, 11) is -6.89. The molecule has 1 aliphatic heterocycles. The molecule has 0 saturated carbocycles. The van der Waals surface area contributed by atoms with E-state index in [9.17, 15) is 14.4 Å². The highest BCUT2D eigenvalue weighted by Gasteiger charge is 2.51. The summed E-state index contributed by atoms with van der Waals surface area (Å²) in [5.74, 6) is -1.34. The third kappa shape index (κ3) is 6.16. The van der Waals surface area contributed by atoms with Gasteiger partial charge < -0.3 is 22.1 Å². The molecule has 192 valence electrons. The standard InChI is InChI=1S/C27H28O8Si2/c1-20(28)32-36(33-21(2)29,34-22(3)30)17-16-23-14-15-27-24(18-23)19-31-37(35-27,25-10-6-4-7-11-25)26-12-8-5-9-13-26/h4-15,18H,16-17,19H2,1-3H3. The first kappa shape index (κ1) is 26.3. The molecule has 0 N–H and O–H groups in total. The van der Waals surface area contributed by atoms with Crippen LogP contribution in [0.15, 0.2) is 78.9 Å². The lowest BCUT2D eigenvalue weighted by Crippen LogP contribution is -2.66. The fourth-order valence-corrected chi connectivity index (χ4v) is 9.73. The van der Waals surface area contributed by atoms with Crippen LogP contribution in [0.2, 0.25) is 6.04 Å². The third-order valence-corrected chi connectivity index (χ3v) is 11.6. The predicted octanol–water partition coefficient (Wildman–Crippen LogP) is 3.02. The minimum atomic E-state index is -3.92. The largest absolute Gasteiger partial charge is 0.705 e. The number of carbonyl (C=O) groups is 3. The molecule has 0 fully saturated rings. The first-order valence-corrected chi connectivity index (χ1v) is 15.6. The molecular formula is C27H28O8Si2. The van der Waals surface area contributed by atoms with Crippen molar-refractivity contribution in [1.82, 2.24) is 0 Å². The minimum absolute atomic E-state index is 0.0545. The Bertz CT molecular complexity index is 1200. The van der Waals surface area contributed by atoms with Gasteiger partial charge in [-0.2, -0.15) is 0 Å². The molecule has 1 heterocycles. The molecule has 4 rings (SSSR count). The van der Waals surface area contributed by atoms with Gasteiger partial charge in [-0.3, -0.25) is 14.4 Å². The normalized spacial score (nSPS) is 14.0. The topological polar surface area (TPSA) is 97.4 Å². The number of aryl methyl sites for hydroxylation is 1. The van der Waals surface area contributed by atoms with Crippen molar-refractivity contribution in [3.63, 3.8) is 0 Å². The van der Waals surface area contributed by atoms with Crippen LogP contribution >= 0.6 is 0 Å². The van der Waals surface area contributed by atoms with Crippen molar-refractivity contribution in [2.75, 3.05) is 0 Å². The van der Waals surface area contributed by atoms with Gasteiger partial charge in [0.15, 0.2) is 0 Å². The van der Waals surface area contributed by atoms with Gasteiger partial charge in [0.1, 0.15) is 5.75 Å². The van der Waals surface area contributed by atoms with E-state index in [1.807, 2.05) is 78.9 Å². The molecule has 3 aromatic carbocycles. The summed E-state index contributed by atoms with van der Waals surface area (Å²) in [6.07, 6.45) is 0.341. The summed E-state index contributed by atoms with van der Waals surface area (Å²) in [4.78, 5) is 35.2. The zero-order valence-corrected chi connectivity index (χ0v) is 22.9. The van der Waals surface area contributed by atoms with E-state index in [1.165, 1.54) is 20.8 Å². The number of rotatable bonds is 8. The molecule has 3 aromatic rings. The Labute approximate surface area is 217 Å². The smallest absolute Gasteiger partial charge is 0.514 e. The van der Waals surface area contributed by atoms with E-state index in [2.05, 4.69) is 0 Å². The van der Waals surface area contributed by atoms with Gasteiger partial charge in [0.2, 0.25) is 0 Å². The van der Waals surface area contributed by atoms with Gasteiger partial charge in [0, 0.05) is 36.7 Å². The average molecular weight is 537 g/mol. The lowest BCUT2D eigenvalue weighted by molar-refractivity contribution is -0.147. The maximum atomic E-state index is 11.7. The second-order valence-corrected chi connectivity index (χ2v) is 14.0. The second kappa shape index (κ2) is 11.1. The van der Waals surface area contributed by atoms with Gasteiger partial charge in [-0.15, -0.1) is 0 Å². The Morgan fingerprint density at radius 1 is 0.784 bits per heavy atom. The Hall–Kier alpha value is -3.74. The van der Waals surface area contributed by atoms with E-state index in [-0.39, 0.29) is 6.04 Å². The van der Waals surface area contributed by atoms with E-state index in [1.54, 1.807) is 0 Å². The highest BCUT2D eigenvalue weighted by Crippen LogP contribution is 2.31. The van der Waals surface area contributed by atoms with Crippen LogP contribution < -0.4 is 14.8 Å². The van der Waals surface area contributed by atoms with Crippen molar-refractivity contribution in [3.8, 4) is 5.75 Å². The lowest BCUT2D eigenvalue weighted by Gasteiger charge is -2.36. The van der Waals surface area contributed by atoms with Crippen LogP contribution in [-0.2, 0) is 45.1 Å². The molecule has 0 amide bonds. The van der Waals surface area contributed by atoms with Gasteiger partial charge in [0.25, 0.3) is 17.9 Å². The van der Waals surface area contributed by atoms with E-state index in [0.717, 1.165) is 27.2 Å². The van der Waals surface area contributed by atoms with Crippen LogP contribution in [-0.4, -0.2) is 35.3 Å². The molecule has 0 atom stereocenters. The van der Waals surface area contributed by atoms with Crippen LogP contribution in [0.5, 0.6) is 5.75 Å². The van der Waals surface area contributed by atoms with Crippen molar-refractivity contribution < 1.29 is 36.5 Å². The molecule has 0 aliphatic carbocycles. The molecule has 0 spiro atoms. The molecule has 1 aliphatic rings. The highest BCUT2D eigenvalue weighted by molar-refractivity contribution is 6.93. The number of fused-ring (bicyclic) bond motifs is 1. The van der Waals surface area contributed by atoms with Crippen molar-refractivity contribution in [3.05, 3.63) is 90.0 Å². The molecule has 10 heteroatoms. The van der Waals surface area contributed by atoms with Gasteiger partial charge in [-0.1, -0.05) is 66.7 Å². The van der Waals surface area contributed by atoms with Gasteiger partial charge >= 0.3 is 17.4 Å². The Morgan fingerprint density at radius 2 is 1.30 bits per heavy atom. The summed E-state index contributed by atoms with van der Waals surface area (Å²) in [6.45, 7) is 3.88. The summed E-state index contributed by atoms with van der Waals surface area (Å²) in [6, 6.07) is 25.7. The Kier molecular flexibility index (Phi) is 7.91. The van der Waals surface area contributed by atoms with Crippen LogP contribution in [0.25, 0.3) is 0 Å². The number of hydrogen-bond donors (Lipinski definition) is 0. The highest BCUT2D eigenvalue weighted by atomic mass is 28.4. The fourth-order valence-electron chi connectivity index (χ4n) is 4.30. The third-order valence-electron chi connectivity index (χ3n) is 5.73. The number of carbonyl (C=O) groups excluding carboxylic acids is 3. The maximum absolute atomic E-state index is 11.7. The van der Waals surface area contributed by atoms with E-state index < -0.39 is 35.3 Å². The molecule has 37 heavy (non-hydrogen) atoms. The SMILES string of the molecule is CC(=O)O[Si](CCc1ccc2c(c1)CO[Si](c1ccccc1)(c1ccccc1)O2)(OC(C)=O)OC(C)=O. The van der Waals surface area contributed by atoms with Crippen LogP contribution in [0.3, 0.4) is 0 Å². The van der Waals surface area contributed by atoms with Crippen LogP contribution in [0, 0.1) is 0 Å². The molecule has 0 saturated heterocycles. The van der Waals surface area contributed by atoms with Crippen molar-refractivity contribution >= 4 is 45.6 Å². The van der Waals surface area contributed by atoms with Crippen LogP contribution in [0.4, 0.5) is 0 Å². The van der Waals surface area contributed by atoms with E-state index in [4.69, 9.17) is 22.1 Å². The van der Waals surface area contributed by atoms with Gasteiger partial charge in [-0.05, 0) is 24.1 Å². The Morgan fingerprint density at radius 3 is 1.78 bits per heavy atom. The van der Waals surface area contributed by atoms with Crippen molar-refractivity contribution in [2.45, 2.75) is 39.8 Å². The second-order valence-electron chi connectivity index (χ2n) is 8.65. The van der Waals surface area contributed by atoms with Crippen LogP contribution in [0.1, 0.15) is 31.9 Å². The molecular weight excluding hydrogens is 508 g/mol. The average Bonchev–Trinajstić information content (AvgIpc) is 2.87. The van der Waals surface area contributed by atoms with E-state index >= 15 is 0 Å². The van der Waals surface area contributed by atoms with Gasteiger partial charge in [0.05, 0.1) is 12.7 Å². The number of benzene rings is 3. The Balaban J connectivity index is 1.60. The molecule has 0 aromatic heterocycles. The van der Waals surface area contributed by atoms with Crippen molar-refractivity contribution in [1.29, 1.82) is 0 Å². The van der Waals surface area contributed by atoms with Gasteiger partial charge in [-0.25, -0.2) is 0 Å². The van der Waals surface area contributed by atoms with E-state index in [0.29, 0.717) is 13.0 Å². The molecule has 8 nitrogen and oxygen atoms in total. The summed E-state index contributed by atoms with van der Waals surface area (Å²) >= 11 is 0. The fraction of sp³-hybridized carbons (Fsp3) is 0.222. The maximum Gasteiger partial charge on any atom is 0.705 e. The first-order valence-electron chi connectivity index (χ1n) is 11.9. The summed E-state index contributed by atoms with van der Waals surface area (Å²) in [5, 5.41) is 2.02. The summed E-state index contributed by atoms with van der Waals surface area (Å²) < 4.78 is 29.1. The zero-order chi connectivity index (χ0) is 26.5.